The standard InChI is InChI=1S/C15H18FN3O2S/c1-9-3-4-10(6-12(9)16)5-11-7-18-15(22-11)19-14(20)13(17)8-21-2/h3-4,6-7,13H,5,8,17H2,1-2H3,(H,18,19,20). The molecule has 0 spiro atoms. The maximum Gasteiger partial charge on any atom is 0.245 e. The molecule has 0 aliphatic rings. The third kappa shape index (κ3) is 4.33. The van der Waals surface area contributed by atoms with E-state index >= 15 is 0 Å². The Kier molecular flexibility index (Phi) is 5.59. The molecule has 0 saturated heterocycles. The number of aryl methyl sites for hydroxylation is 1. The molecule has 2 aromatic rings. The Bertz CT molecular complexity index is 660. The fraction of sp³-hybridized carbons (Fsp3) is 0.333. The highest BCUT2D eigenvalue weighted by molar-refractivity contribution is 7.15. The Morgan fingerprint density at radius 3 is 3.00 bits per heavy atom. The Hall–Kier alpha value is -1.83. The first-order valence-electron chi connectivity index (χ1n) is 6.74. The number of nitrogens with zero attached hydrogens (tertiary/aromatic N) is 1. The highest BCUT2D eigenvalue weighted by atomic mass is 32.1. The van der Waals surface area contributed by atoms with Crippen molar-refractivity contribution in [2.75, 3.05) is 19.0 Å². The number of aromatic nitrogens is 1. The smallest absolute Gasteiger partial charge is 0.245 e. The fourth-order valence-corrected chi connectivity index (χ4v) is 2.70. The molecule has 0 radical (unpaired) electrons. The Balaban J connectivity index is 1.99. The van der Waals surface area contributed by atoms with Crippen molar-refractivity contribution in [3.63, 3.8) is 0 Å². The van der Waals surface area contributed by atoms with Crippen LogP contribution in [0.1, 0.15) is 16.0 Å². The molecule has 0 aliphatic heterocycles. The number of carbonyl (C=O) groups excluding carboxylic acids is 1. The molecule has 0 bridgehead atoms. The monoisotopic (exact) mass is 323 g/mol. The molecule has 1 atom stereocenters. The Morgan fingerprint density at radius 1 is 1.55 bits per heavy atom. The molecule has 1 aromatic carbocycles. The van der Waals surface area contributed by atoms with Gasteiger partial charge in [-0.25, -0.2) is 9.37 Å². The van der Waals surface area contributed by atoms with E-state index in [4.69, 9.17) is 10.5 Å². The summed E-state index contributed by atoms with van der Waals surface area (Å²) in [5, 5.41) is 3.11. The molecular weight excluding hydrogens is 305 g/mol. The molecular formula is C15H18FN3O2S. The zero-order chi connectivity index (χ0) is 16.1. The van der Waals surface area contributed by atoms with Gasteiger partial charge in [-0.05, 0) is 24.1 Å². The Labute approximate surface area is 132 Å². The number of anilines is 1. The quantitative estimate of drug-likeness (QED) is 0.853. The normalized spacial score (nSPS) is 12.2. The van der Waals surface area contributed by atoms with E-state index in [0.717, 1.165) is 10.4 Å². The second-order valence-electron chi connectivity index (χ2n) is 4.94. The molecule has 5 nitrogen and oxygen atoms in total. The van der Waals surface area contributed by atoms with Crippen molar-refractivity contribution >= 4 is 22.4 Å². The lowest BCUT2D eigenvalue weighted by atomic mass is 10.1. The lowest BCUT2D eigenvalue weighted by Crippen LogP contribution is -2.39. The highest BCUT2D eigenvalue weighted by Gasteiger charge is 2.15. The minimum absolute atomic E-state index is 0.146. The summed E-state index contributed by atoms with van der Waals surface area (Å²) in [6.07, 6.45) is 2.23. The van der Waals surface area contributed by atoms with E-state index in [-0.39, 0.29) is 18.3 Å². The number of benzene rings is 1. The first kappa shape index (κ1) is 16.5. The molecule has 0 fully saturated rings. The van der Waals surface area contributed by atoms with Gasteiger partial charge in [-0.3, -0.25) is 4.79 Å². The number of hydrogen-bond acceptors (Lipinski definition) is 5. The summed E-state index contributed by atoms with van der Waals surface area (Å²) >= 11 is 1.34. The minimum Gasteiger partial charge on any atom is -0.383 e. The number of nitrogens with one attached hydrogen (secondary N) is 1. The van der Waals surface area contributed by atoms with Gasteiger partial charge >= 0.3 is 0 Å². The van der Waals surface area contributed by atoms with Crippen molar-refractivity contribution in [1.82, 2.24) is 4.98 Å². The predicted octanol–water partition coefficient (Wildman–Crippen LogP) is 2.09. The predicted molar refractivity (Wildman–Crippen MR) is 84.5 cm³/mol. The zero-order valence-electron chi connectivity index (χ0n) is 12.4. The van der Waals surface area contributed by atoms with Gasteiger partial charge in [-0.1, -0.05) is 12.1 Å². The molecule has 118 valence electrons. The molecule has 1 heterocycles. The van der Waals surface area contributed by atoms with Crippen molar-refractivity contribution in [3.8, 4) is 0 Å². The number of methoxy groups -OCH3 is 1. The molecule has 3 N–H and O–H groups in total. The van der Waals surface area contributed by atoms with Crippen LogP contribution in [-0.4, -0.2) is 30.6 Å². The first-order valence-corrected chi connectivity index (χ1v) is 7.56. The number of ether oxygens (including phenoxy) is 1. The van der Waals surface area contributed by atoms with Gasteiger partial charge < -0.3 is 15.8 Å². The third-order valence-corrected chi connectivity index (χ3v) is 3.99. The summed E-state index contributed by atoms with van der Waals surface area (Å²) in [5.41, 5.74) is 7.12. The van der Waals surface area contributed by atoms with Crippen molar-refractivity contribution in [3.05, 3.63) is 46.2 Å². The van der Waals surface area contributed by atoms with Gasteiger partial charge in [-0.15, -0.1) is 11.3 Å². The summed E-state index contributed by atoms with van der Waals surface area (Å²) in [4.78, 5) is 16.8. The summed E-state index contributed by atoms with van der Waals surface area (Å²) in [5.74, 6) is -0.565. The van der Waals surface area contributed by atoms with E-state index in [0.29, 0.717) is 17.1 Å². The van der Waals surface area contributed by atoms with Gasteiger partial charge in [0.2, 0.25) is 5.91 Å². The van der Waals surface area contributed by atoms with Crippen LogP contribution in [0.4, 0.5) is 9.52 Å². The van der Waals surface area contributed by atoms with Crippen LogP contribution in [-0.2, 0) is 16.0 Å². The Morgan fingerprint density at radius 2 is 2.32 bits per heavy atom. The number of thiazole rings is 1. The number of hydrogen-bond donors (Lipinski definition) is 2. The van der Waals surface area contributed by atoms with Crippen LogP contribution in [0.15, 0.2) is 24.4 Å². The molecule has 22 heavy (non-hydrogen) atoms. The van der Waals surface area contributed by atoms with Crippen molar-refractivity contribution in [2.24, 2.45) is 5.73 Å². The summed E-state index contributed by atoms with van der Waals surface area (Å²) in [7, 11) is 1.48. The molecule has 0 saturated carbocycles. The molecule has 0 aliphatic carbocycles. The van der Waals surface area contributed by atoms with Gasteiger partial charge in [0.1, 0.15) is 11.9 Å². The minimum atomic E-state index is -0.733. The van der Waals surface area contributed by atoms with Crippen LogP contribution in [0.2, 0.25) is 0 Å². The molecule has 2 rings (SSSR count). The maximum absolute atomic E-state index is 13.5. The molecule has 1 aromatic heterocycles. The van der Waals surface area contributed by atoms with Crippen LogP contribution in [0.5, 0.6) is 0 Å². The summed E-state index contributed by atoms with van der Waals surface area (Å²) in [6.45, 7) is 1.87. The number of amides is 1. The van der Waals surface area contributed by atoms with Crippen LogP contribution in [0.25, 0.3) is 0 Å². The number of halogens is 1. The second kappa shape index (κ2) is 7.44. The second-order valence-corrected chi connectivity index (χ2v) is 6.06. The SMILES string of the molecule is COCC(N)C(=O)Nc1ncc(Cc2ccc(C)c(F)c2)s1. The van der Waals surface area contributed by atoms with Crippen LogP contribution in [0, 0.1) is 12.7 Å². The van der Waals surface area contributed by atoms with Gasteiger partial charge in [0, 0.05) is 24.6 Å². The van der Waals surface area contributed by atoms with Crippen molar-refractivity contribution < 1.29 is 13.9 Å². The largest absolute Gasteiger partial charge is 0.383 e. The first-order chi connectivity index (χ1) is 10.5. The fourth-order valence-electron chi connectivity index (χ4n) is 1.85. The van der Waals surface area contributed by atoms with Crippen LogP contribution < -0.4 is 11.1 Å². The van der Waals surface area contributed by atoms with Gasteiger partial charge in [0.25, 0.3) is 0 Å². The number of carbonyl (C=O) groups is 1. The van der Waals surface area contributed by atoms with Crippen LogP contribution in [0.3, 0.4) is 0 Å². The van der Waals surface area contributed by atoms with Gasteiger partial charge in [-0.2, -0.15) is 0 Å². The lowest BCUT2D eigenvalue weighted by molar-refractivity contribution is -0.118. The van der Waals surface area contributed by atoms with Crippen molar-refractivity contribution in [2.45, 2.75) is 19.4 Å². The van der Waals surface area contributed by atoms with Gasteiger partial charge in [0.15, 0.2) is 5.13 Å². The average molecular weight is 323 g/mol. The lowest BCUT2D eigenvalue weighted by Gasteiger charge is -2.08. The van der Waals surface area contributed by atoms with Crippen LogP contribution >= 0.6 is 11.3 Å². The van der Waals surface area contributed by atoms with E-state index in [1.165, 1.54) is 24.5 Å². The number of nitrogens with two attached hydrogens (primary N) is 1. The molecule has 1 amide bonds. The summed E-state index contributed by atoms with van der Waals surface area (Å²) in [6, 6.07) is 4.41. The molecule has 1 unspecified atom stereocenters. The number of rotatable bonds is 6. The topological polar surface area (TPSA) is 77.2 Å². The van der Waals surface area contributed by atoms with E-state index in [9.17, 15) is 9.18 Å². The molecule has 7 heteroatoms. The zero-order valence-corrected chi connectivity index (χ0v) is 13.2. The van der Waals surface area contributed by atoms with E-state index in [1.807, 2.05) is 6.07 Å². The maximum atomic E-state index is 13.5. The van der Waals surface area contributed by atoms with E-state index in [1.54, 1.807) is 19.2 Å². The highest BCUT2D eigenvalue weighted by Crippen LogP contribution is 2.22. The average Bonchev–Trinajstić information content (AvgIpc) is 2.90. The van der Waals surface area contributed by atoms with E-state index < -0.39 is 6.04 Å². The van der Waals surface area contributed by atoms with E-state index in [2.05, 4.69) is 10.3 Å². The van der Waals surface area contributed by atoms with Crippen molar-refractivity contribution in [1.29, 1.82) is 0 Å². The summed E-state index contributed by atoms with van der Waals surface area (Å²) < 4.78 is 18.4. The third-order valence-electron chi connectivity index (χ3n) is 3.08. The van der Waals surface area contributed by atoms with Gasteiger partial charge in [0.05, 0.1) is 6.61 Å².